The minimum Gasteiger partial charge on any atom is -0.489 e. The summed E-state index contributed by atoms with van der Waals surface area (Å²) in [6, 6.07) is 19.4. The molecule has 1 aliphatic rings. The Morgan fingerprint density at radius 1 is 1.00 bits per heavy atom. The number of amides is 1. The van der Waals surface area contributed by atoms with E-state index < -0.39 is 21.1 Å². The number of aliphatic hydroxyl groups excluding tert-OH is 1. The van der Waals surface area contributed by atoms with Crippen molar-refractivity contribution in [2.24, 2.45) is 0 Å². The summed E-state index contributed by atoms with van der Waals surface area (Å²) in [5.41, 5.74) is 1.76. The summed E-state index contributed by atoms with van der Waals surface area (Å²) < 4.78 is 33.3. The second kappa shape index (κ2) is 13.9. The molecule has 0 aliphatic carbocycles. The molecule has 3 aromatic carbocycles. The van der Waals surface area contributed by atoms with Gasteiger partial charge >= 0.3 is 0 Å². The molecule has 224 valence electrons. The van der Waals surface area contributed by atoms with Crippen LogP contribution >= 0.6 is 0 Å². The number of aliphatic hydroxyl groups is 1. The molecule has 4 rings (SSSR count). The number of rotatable bonds is 12. The van der Waals surface area contributed by atoms with Crippen LogP contribution in [0.4, 0.5) is 5.69 Å². The van der Waals surface area contributed by atoms with E-state index in [4.69, 9.17) is 4.74 Å². The number of nitrogens with zero attached hydrogens (tertiary/aromatic N) is 4. The Morgan fingerprint density at radius 3 is 2.31 bits per heavy atom. The Bertz CT molecular complexity index is 1490. The lowest BCUT2D eigenvalue weighted by molar-refractivity contribution is -0.385. The number of piperazine rings is 1. The van der Waals surface area contributed by atoms with Gasteiger partial charge < -0.3 is 19.6 Å². The van der Waals surface area contributed by atoms with Gasteiger partial charge in [0.05, 0.1) is 15.9 Å². The van der Waals surface area contributed by atoms with E-state index in [0.717, 1.165) is 30.3 Å². The van der Waals surface area contributed by atoms with Crippen molar-refractivity contribution >= 4 is 21.6 Å². The Labute approximate surface area is 246 Å². The number of hydrogen-bond donors (Lipinski definition) is 1. The molecule has 1 N–H and O–H groups in total. The summed E-state index contributed by atoms with van der Waals surface area (Å²) in [7, 11) is -3.93. The molecule has 12 heteroatoms. The van der Waals surface area contributed by atoms with E-state index >= 15 is 0 Å². The Kier molecular flexibility index (Phi) is 10.3. The molecule has 1 aliphatic heterocycles. The van der Waals surface area contributed by atoms with Crippen molar-refractivity contribution in [1.82, 2.24) is 14.1 Å². The number of nitro groups is 1. The van der Waals surface area contributed by atoms with Crippen LogP contribution < -0.4 is 4.74 Å². The number of carbonyl (C=O) groups excluding carboxylic acids is 1. The number of ether oxygens (including phenoxy) is 1. The van der Waals surface area contributed by atoms with Crippen LogP contribution in [0.1, 0.15) is 41.4 Å². The fourth-order valence-corrected chi connectivity index (χ4v) is 6.30. The molecule has 0 bridgehead atoms. The van der Waals surface area contributed by atoms with Gasteiger partial charge in [0.2, 0.25) is 10.0 Å². The number of benzene rings is 3. The monoisotopic (exact) mass is 596 g/mol. The van der Waals surface area contributed by atoms with Crippen molar-refractivity contribution in [2.45, 2.75) is 31.5 Å². The van der Waals surface area contributed by atoms with Crippen molar-refractivity contribution in [1.29, 1.82) is 0 Å². The highest BCUT2D eigenvalue weighted by Gasteiger charge is 2.31. The molecule has 0 radical (unpaired) electrons. The number of nitro benzene ring substituents is 1. The highest BCUT2D eigenvalue weighted by molar-refractivity contribution is 7.89. The number of sulfonamides is 1. The largest absolute Gasteiger partial charge is 0.489 e. The lowest BCUT2D eigenvalue weighted by Crippen LogP contribution is -2.50. The van der Waals surface area contributed by atoms with E-state index in [1.807, 2.05) is 36.4 Å². The van der Waals surface area contributed by atoms with Crippen LogP contribution in [0, 0.1) is 10.1 Å². The van der Waals surface area contributed by atoms with Gasteiger partial charge in [0.1, 0.15) is 12.4 Å². The quantitative estimate of drug-likeness (QED) is 0.247. The minimum absolute atomic E-state index is 0.0855. The van der Waals surface area contributed by atoms with Crippen LogP contribution in [-0.2, 0) is 16.6 Å². The minimum atomic E-state index is -3.93. The fraction of sp³-hybridized carbons (Fsp3) is 0.367. The number of carbonyl (C=O) groups is 1. The maximum atomic E-state index is 13.1. The molecule has 1 saturated heterocycles. The van der Waals surface area contributed by atoms with E-state index in [1.54, 1.807) is 17.0 Å². The fourth-order valence-electron chi connectivity index (χ4n) is 4.84. The molecule has 0 aromatic heterocycles. The number of hydrogen-bond acceptors (Lipinski definition) is 8. The molecule has 0 saturated carbocycles. The maximum Gasteiger partial charge on any atom is 0.270 e. The second-order valence-corrected chi connectivity index (χ2v) is 11.9. The predicted octanol–water partition coefficient (Wildman–Crippen LogP) is 3.70. The Hall–Kier alpha value is -3.84. The third-order valence-corrected chi connectivity index (χ3v) is 9.29. The van der Waals surface area contributed by atoms with Crippen LogP contribution in [0.5, 0.6) is 5.75 Å². The summed E-state index contributed by atoms with van der Waals surface area (Å²) in [5, 5.41) is 21.8. The average molecular weight is 597 g/mol. The van der Waals surface area contributed by atoms with Gasteiger partial charge in [-0.2, -0.15) is 4.31 Å². The molecule has 0 spiro atoms. The highest BCUT2D eigenvalue weighted by Crippen LogP contribution is 2.27. The summed E-state index contributed by atoms with van der Waals surface area (Å²) in [6.45, 7) is 7.14. The van der Waals surface area contributed by atoms with Gasteiger partial charge in [-0.25, -0.2) is 8.42 Å². The Balaban J connectivity index is 1.33. The Morgan fingerprint density at radius 2 is 1.67 bits per heavy atom. The molecular formula is C30H36N4O7S. The SMILES string of the molecule is CCN(CC)CC(O)c1ccccc1OCc1ccc(C(=O)N2CCN(S(=O)(=O)c3cccc([N+](=O)[O-])c3)CC2)cc1. The van der Waals surface area contributed by atoms with Gasteiger partial charge in [0, 0.05) is 56.0 Å². The van der Waals surface area contributed by atoms with Crippen LogP contribution in [0.3, 0.4) is 0 Å². The van der Waals surface area contributed by atoms with E-state index in [1.165, 1.54) is 22.5 Å². The van der Waals surface area contributed by atoms with Gasteiger partial charge in [-0.05, 0) is 42.9 Å². The van der Waals surface area contributed by atoms with Crippen molar-refractivity contribution in [3.63, 3.8) is 0 Å². The zero-order chi connectivity index (χ0) is 30.3. The van der Waals surface area contributed by atoms with E-state index in [9.17, 15) is 28.4 Å². The lowest BCUT2D eigenvalue weighted by Gasteiger charge is -2.34. The maximum absolute atomic E-state index is 13.1. The van der Waals surface area contributed by atoms with E-state index in [-0.39, 0.29) is 49.3 Å². The van der Waals surface area contributed by atoms with Crippen LogP contribution in [-0.4, -0.2) is 84.3 Å². The molecule has 42 heavy (non-hydrogen) atoms. The van der Waals surface area contributed by atoms with Crippen LogP contribution in [0.25, 0.3) is 0 Å². The predicted molar refractivity (Wildman–Crippen MR) is 158 cm³/mol. The first-order chi connectivity index (χ1) is 20.1. The first kappa shape index (κ1) is 31.1. The molecule has 1 unspecified atom stereocenters. The molecule has 1 amide bonds. The van der Waals surface area contributed by atoms with Crippen LogP contribution in [0.2, 0.25) is 0 Å². The van der Waals surface area contributed by atoms with Gasteiger partial charge in [-0.15, -0.1) is 0 Å². The molecule has 3 aromatic rings. The first-order valence-corrected chi connectivity index (χ1v) is 15.3. The van der Waals surface area contributed by atoms with Crippen molar-refractivity contribution in [3.05, 3.63) is 99.6 Å². The average Bonchev–Trinajstić information content (AvgIpc) is 3.02. The van der Waals surface area contributed by atoms with Crippen molar-refractivity contribution in [3.8, 4) is 5.75 Å². The van der Waals surface area contributed by atoms with E-state index in [2.05, 4.69) is 18.7 Å². The smallest absolute Gasteiger partial charge is 0.270 e. The topological polar surface area (TPSA) is 134 Å². The van der Waals surface area contributed by atoms with Gasteiger partial charge in [-0.3, -0.25) is 14.9 Å². The summed E-state index contributed by atoms with van der Waals surface area (Å²) in [6.07, 6.45) is -0.678. The van der Waals surface area contributed by atoms with Crippen molar-refractivity contribution in [2.75, 3.05) is 45.8 Å². The van der Waals surface area contributed by atoms with Crippen molar-refractivity contribution < 1.29 is 28.0 Å². The molecule has 1 heterocycles. The number of non-ortho nitro benzene ring substituents is 1. The first-order valence-electron chi connectivity index (χ1n) is 13.9. The van der Waals surface area contributed by atoms with E-state index in [0.29, 0.717) is 17.9 Å². The van der Waals surface area contributed by atoms with Crippen LogP contribution in [0.15, 0.2) is 77.7 Å². The summed E-state index contributed by atoms with van der Waals surface area (Å²) in [4.78, 5) is 27.1. The molecule has 1 fully saturated rings. The number of para-hydroxylation sites is 1. The van der Waals surface area contributed by atoms with Gasteiger partial charge in [-0.1, -0.05) is 50.2 Å². The molecule has 11 nitrogen and oxygen atoms in total. The molecular weight excluding hydrogens is 560 g/mol. The third-order valence-electron chi connectivity index (χ3n) is 7.39. The zero-order valence-electron chi connectivity index (χ0n) is 23.8. The standard InChI is InChI=1S/C30H36N4O7S/c1-3-31(4-2)21-28(35)27-10-5-6-11-29(27)41-22-23-12-14-24(15-13-23)30(36)32-16-18-33(19-17-32)42(39,40)26-9-7-8-25(20-26)34(37)38/h5-15,20,28,35H,3-4,16-19,21-22H2,1-2H3. The summed E-state index contributed by atoms with van der Waals surface area (Å²) in [5.74, 6) is 0.398. The molecule has 1 atom stereocenters. The number of likely N-dealkylation sites (N-methyl/N-ethyl adjacent to an activating group) is 1. The third kappa shape index (κ3) is 7.32. The van der Waals surface area contributed by atoms with Gasteiger partial charge in [0.15, 0.2) is 0 Å². The highest BCUT2D eigenvalue weighted by atomic mass is 32.2. The second-order valence-electron chi connectivity index (χ2n) is 9.98. The summed E-state index contributed by atoms with van der Waals surface area (Å²) >= 11 is 0. The zero-order valence-corrected chi connectivity index (χ0v) is 24.6. The lowest BCUT2D eigenvalue weighted by atomic mass is 10.1. The normalized spacial score (nSPS) is 15.0. The van der Waals surface area contributed by atoms with Gasteiger partial charge in [0.25, 0.3) is 11.6 Å².